The van der Waals surface area contributed by atoms with Gasteiger partial charge in [0.25, 0.3) is 0 Å². The Balaban J connectivity index is 1.81. The van der Waals surface area contributed by atoms with Gasteiger partial charge in [0, 0.05) is 24.3 Å². The first kappa shape index (κ1) is 8.97. The minimum absolute atomic E-state index is 0.326. The van der Waals surface area contributed by atoms with Gasteiger partial charge in [0.2, 0.25) is 0 Å². The van der Waals surface area contributed by atoms with Crippen LogP contribution in [0.4, 0.5) is 0 Å². The molecule has 0 atom stereocenters. The molecule has 1 fully saturated rings. The normalized spacial score (nSPS) is 26.8. The van der Waals surface area contributed by atoms with Crippen molar-refractivity contribution in [2.24, 2.45) is 5.92 Å². The fourth-order valence-electron chi connectivity index (χ4n) is 1.42. The fraction of sp³-hybridized carbons (Fsp3) is 0.556. The lowest BCUT2D eigenvalue weighted by Gasteiger charge is -2.32. The first-order valence-electron chi connectivity index (χ1n) is 4.43. The van der Waals surface area contributed by atoms with Crippen LogP contribution in [0.5, 0.6) is 0 Å². The van der Waals surface area contributed by atoms with Crippen LogP contribution in [0.1, 0.15) is 12.8 Å². The van der Waals surface area contributed by atoms with Crippen LogP contribution in [-0.2, 0) is 0 Å². The van der Waals surface area contributed by atoms with Crippen molar-refractivity contribution in [3.63, 3.8) is 0 Å². The fourth-order valence-corrected chi connectivity index (χ4v) is 2.69. The zero-order valence-electron chi connectivity index (χ0n) is 7.26. The predicted octanol–water partition coefficient (Wildman–Crippen LogP) is 1.34. The molecule has 1 aliphatic rings. The molecule has 70 valence electrons. The maximum atomic E-state index is 8.83. The lowest BCUT2D eigenvalue weighted by molar-refractivity contribution is 0.168. The number of hydrogen-bond donors (Lipinski definition) is 1. The third-order valence-corrected chi connectivity index (χ3v) is 3.40. The Kier molecular flexibility index (Phi) is 2.80. The second kappa shape index (κ2) is 4.07. The van der Waals surface area contributed by atoms with Gasteiger partial charge in [-0.15, -0.1) is 0 Å². The molecular formula is C9H12N2OS. The van der Waals surface area contributed by atoms with E-state index < -0.39 is 0 Å². The highest BCUT2D eigenvalue weighted by atomic mass is 32.2. The van der Waals surface area contributed by atoms with Crippen molar-refractivity contribution in [3.8, 4) is 0 Å². The van der Waals surface area contributed by atoms with Gasteiger partial charge >= 0.3 is 0 Å². The van der Waals surface area contributed by atoms with Gasteiger partial charge in [-0.1, -0.05) is 11.8 Å². The number of aromatic nitrogens is 2. The summed E-state index contributed by atoms with van der Waals surface area (Å²) in [6, 6.07) is 1.82. The van der Waals surface area contributed by atoms with Crippen LogP contribution in [0.3, 0.4) is 0 Å². The Hall–Kier alpha value is -0.610. The lowest BCUT2D eigenvalue weighted by atomic mass is 9.86. The Morgan fingerprint density at radius 1 is 1.38 bits per heavy atom. The van der Waals surface area contributed by atoms with E-state index in [0.717, 1.165) is 18.0 Å². The van der Waals surface area contributed by atoms with Crippen molar-refractivity contribution in [3.05, 3.63) is 18.5 Å². The van der Waals surface area contributed by atoms with E-state index in [9.17, 15) is 0 Å². The molecule has 0 spiro atoms. The minimum atomic E-state index is 0.326. The van der Waals surface area contributed by atoms with Crippen molar-refractivity contribution in [2.45, 2.75) is 23.2 Å². The first-order chi connectivity index (χ1) is 6.38. The van der Waals surface area contributed by atoms with Gasteiger partial charge in [-0.25, -0.2) is 9.97 Å². The summed E-state index contributed by atoms with van der Waals surface area (Å²) in [6.07, 6.45) is 5.72. The Labute approximate surface area is 81.6 Å². The van der Waals surface area contributed by atoms with Gasteiger partial charge in [0.1, 0.15) is 0 Å². The van der Waals surface area contributed by atoms with Crippen LogP contribution >= 0.6 is 11.8 Å². The molecule has 13 heavy (non-hydrogen) atoms. The van der Waals surface area contributed by atoms with Gasteiger partial charge in [-0.05, 0) is 24.8 Å². The molecule has 1 saturated carbocycles. The molecule has 0 bridgehead atoms. The van der Waals surface area contributed by atoms with Crippen LogP contribution in [0, 0.1) is 5.92 Å². The summed E-state index contributed by atoms with van der Waals surface area (Å²) in [7, 11) is 0. The molecule has 1 heterocycles. The van der Waals surface area contributed by atoms with Crippen molar-refractivity contribution >= 4 is 11.8 Å². The van der Waals surface area contributed by atoms with E-state index in [-0.39, 0.29) is 0 Å². The molecule has 0 unspecified atom stereocenters. The largest absolute Gasteiger partial charge is 0.396 e. The zero-order valence-corrected chi connectivity index (χ0v) is 8.07. The van der Waals surface area contributed by atoms with Crippen molar-refractivity contribution in [1.82, 2.24) is 9.97 Å². The van der Waals surface area contributed by atoms with E-state index in [2.05, 4.69) is 9.97 Å². The standard InChI is InChI=1S/C9H12N2OS/c12-6-7-4-8(5-7)13-9-10-2-1-3-11-9/h1-3,7-8,12H,4-6H2. The summed E-state index contributed by atoms with van der Waals surface area (Å²) >= 11 is 1.72. The third-order valence-electron chi connectivity index (χ3n) is 2.26. The lowest BCUT2D eigenvalue weighted by Crippen LogP contribution is -2.28. The van der Waals surface area contributed by atoms with Gasteiger partial charge in [0.15, 0.2) is 5.16 Å². The van der Waals surface area contributed by atoms with Gasteiger partial charge < -0.3 is 5.11 Å². The monoisotopic (exact) mass is 196 g/mol. The summed E-state index contributed by atoms with van der Waals surface area (Å²) in [6.45, 7) is 0.326. The average Bonchev–Trinajstić information content (AvgIpc) is 2.12. The molecule has 0 radical (unpaired) electrons. The molecular weight excluding hydrogens is 184 g/mol. The SMILES string of the molecule is OCC1CC(Sc2ncccn2)C1. The minimum Gasteiger partial charge on any atom is -0.396 e. The molecule has 0 aromatic carbocycles. The number of nitrogens with zero attached hydrogens (tertiary/aromatic N) is 2. The number of aliphatic hydroxyl groups excluding tert-OH is 1. The van der Waals surface area contributed by atoms with Crippen molar-refractivity contribution in [2.75, 3.05) is 6.61 Å². The smallest absolute Gasteiger partial charge is 0.187 e. The molecule has 1 N–H and O–H groups in total. The van der Waals surface area contributed by atoms with Crippen molar-refractivity contribution < 1.29 is 5.11 Å². The molecule has 1 aromatic rings. The summed E-state index contributed by atoms with van der Waals surface area (Å²) in [5.74, 6) is 0.515. The van der Waals surface area contributed by atoms with E-state index in [1.807, 2.05) is 6.07 Å². The average molecular weight is 196 g/mol. The quantitative estimate of drug-likeness (QED) is 0.741. The zero-order chi connectivity index (χ0) is 9.10. The second-order valence-corrected chi connectivity index (χ2v) is 4.56. The second-order valence-electron chi connectivity index (χ2n) is 3.29. The Morgan fingerprint density at radius 2 is 2.08 bits per heavy atom. The molecule has 0 aliphatic heterocycles. The van der Waals surface area contributed by atoms with Crippen LogP contribution in [0.15, 0.2) is 23.6 Å². The maximum Gasteiger partial charge on any atom is 0.187 e. The molecule has 3 nitrogen and oxygen atoms in total. The highest BCUT2D eigenvalue weighted by Gasteiger charge is 2.29. The molecule has 4 heteroatoms. The van der Waals surface area contributed by atoms with E-state index in [4.69, 9.17) is 5.11 Å². The maximum absolute atomic E-state index is 8.83. The number of rotatable bonds is 3. The highest BCUT2D eigenvalue weighted by molar-refractivity contribution is 7.99. The highest BCUT2D eigenvalue weighted by Crippen LogP contribution is 2.38. The molecule has 0 amide bonds. The van der Waals surface area contributed by atoms with Gasteiger partial charge in [-0.3, -0.25) is 0 Å². The molecule has 1 aromatic heterocycles. The molecule has 2 rings (SSSR count). The van der Waals surface area contributed by atoms with Crippen LogP contribution in [0.2, 0.25) is 0 Å². The molecule has 1 aliphatic carbocycles. The summed E-state index contributed by atoms with van der Waals surface area (Å²) < 4.78 is 0. The predicted molar refractivity (Wildman–Crippen MR) is 51.5 cm³/mol. The summed E-state index contributed by atoms with van der Waals surface area (Å²) in [5, 5.41) is 10.3. The van der Waals surface area contributed by atoms with Crippen molar-refractivity contribution in [1.29, 1.82) is 0 Å². The number of thioether (sulfide) groups is 1. The van der Waals surface area contributed by atoms with Crippen LogP contribution < -0.4 is 0 Å². The topological polar surface area (TPSA) is 46.0 Å². The van der Waals surface area contributed by atoms with Gasteiger partial charge in [0.05, 0.1) is 0 Å². The van der Waals surface area contributed by atoms with Crippen LogP contribution in [-0.4, -0.2) is 26.9 Å². The van der Waals surface area contributed by atoms with E-state index in [0.29, 0.717) is 17.8 Å². The summed E-state index contributed by atoms with van der Waals surface area (Å²) in [4.78, 5) is 8.28. The van der Waals surface area contributed by atoms with Crippen LogP contribution in [0.25, 0.3) is 0 Å². The first-order valence-corrected chi connectivity index (χ1v) is 5.31. The van der Waals surface area contributed by atoms with Gasteiger partial charge in [-0.2, -0.15) is 0 Å². The van der Waals surface area contributed by atoms with E-state index >= 15 is 0 Å². The number of aliphatic hydroxyl groups is 1. The summed E-state index contributed by atoms with van der Waals surface area (Å²) in [5.41, 5.74) is 0. The third kappa shape index (κ3) is 2.19. The van der Waals surface area contributed by atoms with E-state index in [1.54, 1.807) is 24.2 Å². The Bertz CT molecular complexity index is 262. The number of hydrogen-bond acceptors (Lipinski definition) is 4. The Morgan fingerprint density at radius 3 is 2.69 bits per heavy atom. The molecule has 0 saturated heterocycles. The van der Waals surface area contributed by atoms with E-state index in [1.165, 1.54) is 0 Å².